The van der Waals surface area contributed by atoms with Crippen molar-refractivity contribution in [3.8, 4) is 0 Å². The molecule has 2 aromatic rings. The summed E-state index contributed by atoms with van der Waals surface area (Å²) in [5.41, 5.74) is 0.586. The highest BCUT2D eigenvalue weighted by Gasteiger charge is 2.38. The summed E-state index contributed by atoms with van der Waals surface area (Å²) in [5.74, 6) is 0. The van der Waals surface area contributed by atoms with Crippen molar-refractivity contribution < 1.29 is 16.8 Å². The average molecular weight is 390 g/mol. The molecule has 0 amide bonds. The number of sulfonamides is 2. The van der Waals surface area contributed by atoms with Crippen LogP contribution in [-0.2, 0) is 20.0 Å². The third kappa shape index (κ3) is 2.74. The highest BCUT2D eigenvalue weighted by molar-refractivity contribution is 7.90. The van der Waals surface area contributed by atoms with Crippen molar-refractivity contribution in [1.82, 2.24) is 14.3 Å². The van der Waals surface area contributed by atoms with Gasteiger partial charge in [-0.25, -0.2) is 31.9 Å². The summed E-state index contributed by atoms with van der Waals surface area (Å²) in [5, 5.41) is 7.87. The first-order chi connectivity index (χ1) is 11.1. The topological polar surface area (TPSA) is 135 Å². The first-order valence-electron chi connectivity index (χ1n) is 6.49. The van der Waals surface area contributed by atoms with Crippen LogP contribution < -0.4 is 10.5 Å². The number of anilines is 1. The van der Waals surface area contributed by atoms with Crippen molar-refractivity contribution in [3.63, 3.8) is 0 Å². The lowest BCUT2D eigenvalue weighted by molar-refractivity contribution is 0.390. The van der Waals surface area contributed by atoms with Crippen LogP contribution in [0.4, 0.5) is 5.69 Å². The molecular formula is C12H12ClN5O4S2. The number of benzene rings is 1. The van der Waals surface area contributed by atoms with E-state index in [-0.39, 0.29) is 15.6 Å². The maximum Gasteiger partial charge on any atom is 0.247 e. The SMILES string of the molecule is CN1C(c2ccncn2)Nc2cc(Cl)c(S(N)(=O)=O)cc2S1(=O)=O. The van der Waals surface area contributed by atoms with Gasteiger partial charge in [-0.2, -0.15) is 4.31 Å². The summed E-state index contributed by atoms with van der Waals surface area (Å²) in [6.07, 6.45) is 1.99. The standard InChI is InChI=1S/C12H12ClN5O4S2/c1-18-12(8-2-3-15-6-16-8)17-9-4-7(13)10(23(14,19)20)5-11(9)24(18,21)22/h2-6,12,17H,1H3,(H2,14,19,20). The fourth-order valence-electron chi connectivity index (χ4n) is 2.33. The molecule has 9 nitrogen and oxygen atoms in total. The quantitative estimate of drug-likeness (QED) is 0.764. The molecule has 24 heavy (non-hydrogen) atoms. The van der Waals surface area contributed by atoms with Gasteiger partial charge < -0.3 is 5.32 Å². The Morgan fingerprint density at radius 1 is 1.38 bits per heavy atom. The highest BCUT2D eigenvalue weighted by atomic mass is 35.5. The number of hydrogen-bond acceptors (Lipinski definition) is 7. The zero-order chi connectivity index (χ0) is 17.7. The van der Waals surface area contributed by atoms with Crippen molar-refractivity contribution in [2.75, 3.05) is 12.4 Å². The van der Waals surface area contributed by atoms with Crippen molar-refractivity contribution in [2.24, 2.45) is 5.14 Å². The summed E-state index contributed by atoms with van der Waals surface area (Å²) in [6, 6.07) is 3.73. The van der Waals surface area contributed by atoms with Gasteiger partial charge in [-0.1, -0.05) is 11.6 Å². The van der Waals surface area contributed by atoms with E-state index in [9.17, 15) is 16.8 Å². The molecule has 0 aliphatic carbocycles. The van der Waals surface area contributed by atoms with Crippen LogP contribution in [0, 0.1) is 0 Å². The molecule has 0 fully saturated rings. The van der Waals surface area contributed by atoms with E-state index in [0.29, 0.717) is 5.69 Å². The molecule has 1 aliphatic heterocycles. The van der Waals surface area contributed by atoms with E-state index >= 15 is 0 Å². The summed E-state index contributed by atoms with van der Waals surface area (Å²) < 4.78 is 49.7. The number of halogens is 1. The fourth-order valence-corrected chi connectivity index (χ4v) is 4.92. The second kappa shape index (κ2) is 5.63. The van der Waals surface area contributed by atoms with Crippen molar-refractivity contribution >= 4 is 37.3 Å². The smallest absolute Gasteiger partial charge is 0.247 e. The van der Waals surface area contributed by atoms with Crippen LogP contribution >= 0.6 is 11.6 Å². The minimum Gasteiger partial charge on any atom is -0.363 e. The number of primary sulfonamides is 1. The Balaban J connectivity index is 2.21. The Bertz CT molecular complexity index is 1010. The maximum atomic E-state index is 12.7. The van der Waals surface area contributed by atoms with E-state index < -0.39 is 31.1 Å². The number of rotatable bonds is 2. The molecule has 1 aromatic heterocycles. The van der Waals surface area contributed by atoms with Crippen LogP contribution in [0.5, 0.6) is 0 Å². The van der Waals surface area contributed by atoms with Gasteiger partial charge >= 0.3 is 0 Å². The summed E-state index contributed by atoms with van der Waals surface area (Å²) in [7, 11) is -6.80. The molecule has 1 atom stereocenters. The van der Waals surface area contributed by atoms with Crippen LogP contribution in [0.15, 0.2) is 40.5 Å². The Morgan fingerprint density at radius 3 is 2.67 bits per heavy atom. The molecule has 0 spiro atoms. The second-order valence-electron chi connectivity index (χ2n) is 5.03. The molecule has 0 bridgehead atoms. The molecule has 0 saturated carbocycles. The van der Waals surface area contributed by atoms with Gasteiger partial charge in [-0.05, 0) is 18.2 Å². The molecule has 0 radical (unpaired) electrons. The van der Waals surface area contributed by atoms with Crippen LogP contribution in [0.3, 0.4) is 0 Å². The van der Waals surface area contributed by atoms with Gasteiger partial charge in [0.15, 0.2) is 0 Å². The first kappa shape index (κ1) is 17.0. The molecule has 1 aromatic carbocycles. The second-order valence-corrected chi connectivity index (χ2v) is 8.93. The van der Waals surface area contributed by atoms with Crippen LogP contribution in [0.1, 0.15) is 11.9 Å². The Morgan fingerprint density at radius 2 is 2.08 bits per heavy atom. The summed E-state index contributed by atoms with van der Waals surface area (Å²) in [6.45, 7) is 0. The maximum absolute atomic E-state index is 12.7. The van der Waals surface area contributed by atoms with E-state index in [1.807, 2.05) is 0 Å². The number of nitrogens with one attached hydrogen (secondary N) is 1. The summed E-state index contributed by atoms with van der Waals surface area (Å²) in [4.78, 5) is 7.14. The molecule has 128 valence electrons. The largest absolute Gasteiger partial charge is 0.363 e. The number of hydrogen-bond donors (Lipinski definition) is 2. The Hall–Kier alpha value is -1.79. The molecule has 2 heterocycles. The number of nitrogens with two attached hydrogens (primary N) is 1. The van der Waals surface area contributed by atoms with Crippen molar-refractivity contribution in [1.29, 1.82) is 0 Å². The summed E-state index contributed by atoms with van der Waals surface area (Å²) >= 11 is 5.94. The van der Waals surface area contributed by atoms with E-state index in [4.69, 9.17) is 16.7 Å². The van der Waals surface area contributed by atoms with Gasteiger partial charge in [0.2, 0.25) is 20.0 Å². The number of aromatic nitrogens is 2. The van der Waals surface area contributed by atoms with E-state index in [1.54, 1.807) is 6.07 Å². The molecular weight excluding hydrogens is 378 g/mol. The Labute approximate surface area is 143 Å². The van der Waals surface area contributed by atoms with Crippen molar-refractivity contribution in [2.45, 2.75) is 16.0 Å². The zero-order valence-electron chi connectivity index (χ0n) is 12.2. The minimum absolute atomic E-state index is 0.161. The zero-order valence-corrected chi connectivity index (χ0v) is 14.6. The number of fused-ring (bicyclic) bond motifs is 1. The Kier molecular flexibility index (Phi) is 4.00. The van der Waals surface area contributed by atoms with Gasteiger partial charge in [0.05, 0.1) is 16.4 Å². The molecule has 12 heteroatoms. The normalized spacial score (nSPS) is 20.2. The van der Waals surface area contributed by atoms with E-state index in [2.05, 4.69) is 15.3 Å². The first-order valence-corrected chi connectivity index (χ1v) is 9.85. The van der Waals surface area contributed by atoms with E-state index in [1.165, 1.54) is 25.6 Å². The highest BCUT2D eigenvalue weighted by Crippen LogP contribution is 2.39. The lowest BCUT2D eigenvalue weighted by Gasteiger charge is -2.34. The molecule has 0 saturated heterocycles. The third-order valence-electron chi connectivity index (χ3n) is 3.54. The van der Waals surface area contributed by atoms with Gasteiger partial charge in [0.25, 0.3) is 0 Å². The predicted molar refractivity (Wildman–Crippen MR) is 86.2 cm³/mol. The van der Waals surface area contributed by atoms with E-state index in [0.717, 1.165) is 10.4 Å². The third-order valence-corrected chi connectivity index (χ3v) is 6.78. The molecule has 1 unspecified atom stereocenters. The molecule has 3 rings (SSSR count). The van der Waals surface area contributed by atoms with Crippen LogP contribution in [-0.4, -0.2) is 38.2 Å². The minimum atomic E-state index is -4.16. The molecule has 1 aliphatic rings. The van der Waals surface area contributed by atoms with Crippen LogP contribution in [0.25, 0.3) is 0 Å². The van der Waals surface area contributed by atoms with Crippen LogP contribution in [0.2, 0.25) is 5.02 Å². The predicted octanol–water partition coefficient (Wildman–Crippen LogP) is 0.522. The molecule has 3 N–H and O–H groups in total. The van der Waals surface area contributed by atoms with Gasteiger partial charge in [0.1, 0.15) is 22.3 Å². The monoisotopic (exact) mass is 389 g/mol. The lowest BCUT2D eigenvalue weighted by atomic mass is 10.2. The average Bonchev–Trinajstić information content (AvgIpc) is 2.50. The van der Waals surface area contributed by atoms with Crippen molar-refractivity contribution in [3.05, 3.63) is 41.4 Å². The fraction of sp³-hybridized carbons (Fsp3) is 0.167. The number of nitrogens with zero attached hydrogens (tertiary/aromatic N) is 3. The van der Waals surface area contributed by atoms with Gasteiger partial charge in [0, 0.05) is 13.2 Å². The van der Waals surface area contributed by atoms with Gasteiger partial charge in [-0.3, -0.25) is 0 Å². The lowest BCUT2D eigenvalue weighted by Crippen LogP contribution is -2.40. The van der Waals surface area contributed by atoms with Gasteiger partial charge in [-0.15, -0.1) is 0 Å².